The van der Waals surface area contributed by atoms with Crippen LogP contribution in [-0.2, 0) is 16.0 Å². The third-order valence-electron chi connectivity index (χ3n) is 3.22. The van der Waals surface area contributed by atoms with E-state index in [1.54, 1.807) is 0 Å². The highest BCUT2D eigenvalue weighted by Gasteiger charge is 2.24. The monoisotopic (exact) mass is 291 g/mol. The quantitative estimate of drug-likeness (QED) is 0.696. The fraction of sp³-hybridized carbons (Fsp3) is 0.500. The largest absolute Gasteiger partial charge is 0.351 e. The molecule has 4 N–H and O–H groups in total. The van der Waals surface area contributed by atoms with E-state index in [0.717, 1.165) is 5.56 Å². The van der Waals surface area contributed by atoms with Crippen LogP contribution >= 0.6 is 0 Å². The van der Waals surface area contributed by atoms with Gasteiger partial charge in [-0.2, -0.15) is 0 Å². The number of nitrogens with one attached hydrogen (secondary N) is 2. The van der Waals surface area contributed by atoms with Crippen LogP contribution in [0.2, 0.25) is 0 Å². The van der Waals surface area contributed by atoms with Crippen molar-refractivity contribution in [2.75, 3.05) is 6.54 Å². The first-order valence-electron chi connectivity index (χ1n) is 7.27. The summed E-state index contributed by atoms with van der Waals surface area (Å²) < 4.78 is 0. The van der Waals surface area contributed by atoms with Gasteiger partial charge >= 0.3 is 0 Å². The van der Waals surface area contributed by atoms with Gasteiger partial charge in [-0.3, -0.25) is 9.59 Å². The average Bonchev–Trinajstić information content (AvgIpc) is 2.45. The Kier molecular flexibility index (Phi) is 6.88. The molecule has 21 heavy (non-hydrogen) atoms. The minimum Gasteiger partial charge on any atom is -0.351 e. The molecule has 116 valence electrons. The molecule has 0 aromatic heterocycles. The third kappa shape index (κ3) is 5.95. The molecule has 1 unspecified atom stereocenters. The van der Waals surface area contributed by atoms with Crippen LogP contribution in [0.3, 0.4) is 0 Å². The van der Waals surface area contributed by atoms with Gasteiger partial charge in [-0.1, -0.05) is 44.2 Å². The van der Waals surface area contributed by atoms with Crippen molar-refractivity contribution < 1.29 is 9.59 Å². The zero-order chi connectivity index (χ0) is 15.8. The molecule has 0 aliphatic carbocycles. The zero-order valence-corrected chi connectivity index (χ0v) is 12.9. The minimum absolute atomic E-state index is 0.00898. The molecule has 0 bridgehead atoms. The Morgan fingerprint density at radius 1 is 1.10 bits per heavy atom. The number of benzene rings is 1. The first-order valence-corrected chi connectivity index (χ1v) is 7.27. The van der Waals surface area contributed by atoms with E-state index in [2.05, 4.69) is 10.6 Å². The number of amides is 2. The summed E-state index contributed by atoms with van der Waals surface area (Å²) in [6.07, 6.45) is 0.268. The van der Waals surface area contributed by atoms with Crippen molar-refractivity contribution in [2.45, 2.75) is 39.3 Å². The van der Waals surface area contributed by atoms with Gasteiger partial charge in [0.15, 0.2) is 0 Å². The Morgan fingerprint density at radius 3 is 2.24 bits per heavy atom. The van der Waals surface area contributed by atoms with Crippen LogP contribution in [0.15, 0.2) is 30.3 Å². The first kappa shape index (κ1) is 17.2. The summed E-state index contributed by atoms with van der Waals surface area (Å²) >= 11 is 0. The summed E-state index contributed by atoms with van der Waals surface area (Å²) in [4.78, 5) is 24.2. The molecule has 0 saturated heterocycles. The topological polar surface area (TPSA) is 84.2 Å². The Bertz CT molecular complexity index is 460. The summed E-state index contributed by atoms with van der Waals surface area (Å²) in [6.45, 7) is 6.01. The maximum atomic E-state index is 12.2. The second kappa shape index (κ2) is 8.42. The second-order valence-electron chi connectivity index (χ2n) is 5.60. The molecule has 0 radical (unpaired) electrons. The lowest BCUT2D eigenvalue weighted by atomic mass is 10.0. The smallest absolute Gasteiger partial charge is 0.243 e. The number of hydrogen-bond donors (Lipinski definition) is 3. The summed E-state index contributed by atoms with van der Waals surface area (Å²) in [7, 11) is 0. The van der Waals surface area contributed by atoms with Crippen LogP contribution < -0.4 is 16.4 Å². The Hall–Kier alpha value is -1.88. The SMILES string of the molecule is CC(C)C(NC(=O)Cc1ccccc1)C(=O)N[C@@H](C)CN. The van der Waals surface area contributed by atoms with E-state index >= 15 is 0 Å². The molecule has 2 amide bonds. The van der Waals surface area contributed by atoms with Gasteiger partial charge in [-0.15, -0.1) is 0 Å². The fourth-order valence-corrected chi connectivity index (χ4v) is 1.93. The molecule has 1 aromatic carbocycles. The van der Waals surface area contributed by atoms with Crippen LogP contribution in [0.4, 0.5) is 0 Å². The molecule has 1 aromatic rings. The van der Waals surface area contributed by atoms with Crippen LogP contribution in [0.5, 0.6) is 0 Å². The van der Waals surface area contributed by atoms with Crippen LogP contribution in [0, 0.1) is 5.92 Å². The molecule has 1 rings (SSSR count). The number of carbonyl (C=O) groups is 2. The number of carbonyl (C=O) groups excluding carboxylic acids is 2. The molecule has 0 aliphatic heterocycles. The molecule has 0 aliphatic rings. The summed E-state index contributed by atoms with van der Waals surface area (Å²) in [5.74, 6) is -0.338. The van der Waals surface area contributed by atoms with Gasteiger partial charge in [-0.25, -0.2) is 0 Å². The minimum atomic E-state index is -0.546. The van der Waals surface area contributed by atoms with E-state index in [1.165, 1.54) is 0 Å². The first-order chi connectivity index (χ1) is 9.93. The van der Waals surface area contributed by atoms with Crippen LogP contribution in [0.1, 0.15) is 26.3 Å². The van der Waals surface area contributed by atoms with Crippen molar-refractivity contribution in [3.8, 4) is 0 Å². The van der Waals surface area contributed by atoms with Crippen molar-refractivity contribution in [3.05, 3.63) is 35.9 Å². The predicted octanol–water partition coefficient (Wildman–Crippen LogP) is 0.833. The maximum Gasteiger partial charge on any atom is 0.243 e. The summed E-state index contributed by atoms with van der Waals surface area (Å²) in [5.41, 5.74) is 6.42. The van der Waals surface area contributed by atoms with E-state index in [4.69, 9.17) is 5.73 Å². The highest BCUT2D eigenvalue weighted by atomic mass is 16.2. The highest BCUT2D eigenvalue weighted by Crippen LogP contribution is 2.05. The van der Waals surface area contributed by atoms with Crippen LogP contribution in [0.25, 0.3) is 0 Å². The fourth-order valence-electron chi connectivity index (χ4n) is 1.93. The Balaban J connectivity index is 2.61. The molecule has 2 atom stereocenters. The van der Waals surface area contributed by atoms with Crippen molar-refractivity contribution in [1.82, 2.24) is 10.6 Å². The van der Waals surface area contributed by atoms with Gasteiger partial charge in [0.05, 0.1) is 6.42 Å². The highest BCUT2D eigenvalue weighted by molar-refractivity contribution is 5.88. The molecule has 0 spiro atoms. The maximum absolute atomic E-state index is 12.2. The Morgan fingerprint density at radius 2 is 1.71 bits per heavy atom. The molecule has 5 heteroatoms. The second-order valence-corrected chi connectivity index (χ2v) is 5.60. The molecular formula is C16H25N3O2. The normalized spacial score (nSPS) is 13.6. The number of hydrogen-bond acceptors (Lipinski definition) is 3. The van der Waals surface area contributed by atoms with Gasteiger partial charge in [0.25, 0.3) is 0 Å². The summed E-state index contributed by atoms with van der Waals surface area (Å²) in [6, 6.07) is 8.80. The molecule has 0 saturated carbocycles. The van der Waals surface area contributed by atoms with Gasteiger partial charge in [0, 0.05) is 12.6 Å². The van der Waals surface area contributed by atoms with E-state index in [-0.39, 0.29) is 30.2 Å². The lowest BCUT2D eigenvalue weighted by Gasteiger charge is -2.23. The van der Waals surface area contributed by atoms with Gasteiger partial charge in [0.1, 0.15) is 6.04 Å². The van der Waals surface area contributed by atoms with E-state index in [9.17, 15) is 9.59 Å². The van der Waals surface area contributed by atoms with E-state index in [1.807, 2.05) is 51.1 Å². The average molecular weight is 291 g/mol. The molecule has 0 heterocycles. The predicted molar refractivity (Wildman–Crippen MR) is 83.6 cm³/mol. The molecular weight excluding hydrogens is 266 g/mol. The number of nitrogens with two attached hydrogens (primary N) is 1. The molecule has 0 fully saturated rings. The van der Waals surface area contributed by atoms with E-state index < -0.39 is 6.04 Å². The zero-order valence-electron chi connectivity index (χ0n) is 12.9. The van der Waals surface area contributed by atoms with E-state index in [0.29, 0.717) is 6.54 Å². The van der Waals surface area contributed by atoms with Crippen molar-refractivity contribution in [2.24, 2.45) is 11.7 Å². The van der Waals surface area contributed by atoms with Crippen molar-refractivity contribution in [1.29, 1.82) is 0 Å². The van der Waals surface area contributed by atoms with Crippen molar-refractivity contribution in [3.63, 3.8) is 0 Å². The lowest BCUT2D eigenvalue weighted by Crippen LogP contribution is -2.53. The van der Waals surface area contributed by atoms with Crippen molar-refractivity contribution >= 4 is 11.8 Å². The third-order valence-corrected chi connectivity index (χ3v) is 3.22. The van der Waals surface area contributed by atoms with Gasteiger partial charge < -0.3 is 16.4 Å². The Labute approximate surface area is 126 Å². The van der Waals surface area contributed by atoms with Gasteiger partial charge in [-0.05, 0) is 18.4 Å². The van der Waals surface area contributed by atoms with Crippen LogP contribution in [-0.4, -0.2) is 30.4 Å². The standard InChI is InChI=1S/C16H25N3O2/c1-11(2)15(16(21)18-12(3)10-17)19-14(20)9-13-7-5-4-6-8-13/h4-8,11-12,15H,9-10,17H2,1-3H3,(H,18,21)(H,19,20)/t12-,15?/m0/s1. The molecule has 5 nitrogen and oxygen atoms in total. The number of rotatable bonds is 7. The lowest BCUT2D eigenvalue weighted by molar-refractivity contribution is -0.130. The van der Waals surface area contributed by atoms with Gasteiger partial charge in [0.2, 0.25) is 11.8 Å². The summed E-state index contributed by atoms with van der Waals surface area (Å²) in [5, 5.41) is 5.60.